The van der Waals surface area contributed by atoms with Gasteiger partial charge in [-0.3, -0.25) is 4.57 Å². The molecular weight excluding hydrogens is 204 g/mol. The molecule has 2 N–H and O–H groups in total. The molecule has 0 fully saturated rings. The quantitative estimate of drug-likeness (QED) is 0.834. The lowest BCUT2D eigenvalue weighted by molar-refractivity contribution is 0.0536. The van der Waals surface area contributed by atoms with Crippen molar-refractivity contribution in [2.45, 2.75) is 26.4 Å². The van der Waals surface area contributed by atoms with Crippen LogP contribution in [-0.4, -0.2) is 22.8 Å². The van der Waals surface area contributed by atoms with E-state index in [0.29, 0.717) is 6.54 Å². The molecule has 16 heavy (non-hydrogen) atoms. The van der Waals surface area contributed by atoms with Gasteiger partial charge in [-0.15, -0.1) is 0 Å². The third-order valence-electron chi connectivity index (χ3n) is 1.80. The Morgan fingerprint density at radius 3 is 2.81 bits per heavy atom. The number of ether oxygens (including phenoxy) is 1. The van der Waals surface area contributed by atoms with Crippen molar-refractivity contribution in [3.8, 4) is 0 Å². The van der Waals surface area contributed by atoms with Crippen LogP contribution in [0.15, 0.2) is 24.4 Å². The van der Waals surface area contributed by atoms with Gasteiger partial charge in [0.05, 0.1) is 5.69 Å². The van der Waals surface area contributed by atoms with Gasteiger partial charge in [0, 0.05) is 12.7 Å². The van der Waals surface area contributed by atoms with Gasteiger partial charge in [0.15, 0.2) is 0 Å². The summed E-state index contributed by atoms with van der Waals surface area (Å²) in [6, 6.07) is 3.62. The fourth-order valence-corrected chi connectivity index (χ4v) is 1.20. The standard InChI is InChI=1S/C12H18N2O2/c1-12(2,3)16-11(15)14-9-5-7-10(14)6-4-8-13/h4-7,9H,8,13H2,1-3H3. The van der Waals surface area contributed by atoms with Crippen LogP contribution in [0.2, 0.25) is 0 Å². The van der Waals surface area contributed by atoms with E-state index in [1.807, 2.05) is 26.8 Å². The molecule has 0 bridgehead atoms. The maximum Gasteiger partial charge on any atom is 0.418 e. The van der Waals surface area contributed by atoms with Gasteiger partial charge >= 0.3 is 6.09 Å². The molecule has 1 aromatic heterocycles. The van der Waals surface area contributed by atoms with E-state index in [4.69, 9.17) is 10.5 Å². The van der Waals surface area contributed by atoms with Crippen LogP contribution in [0, 0.1) is 0 Å². The first kappa shape index (κ1) is 12.5. The summed E-state index contributed by atoms with van der Waals surface area (Å²) in [5.74, 6) is 0. The number of rotatable bonds is 2. The van der Waals surface area contributed by atoms with Crippen LogP contribution in [-0.2, 0) is 4.74 Å². The van der Waals surface area contributed by atoms with Gasteiger partial charge in [-0.05, 0) is 39.0 Å². The molecule has 0 aliphatic heterocycles. The molecule has 1 heterocycles. The molecule has 1 aromatic rings. The van der Waals surface area contributed by atoms with E-state index in [1.165, 1.54) is 4.57 Å². The van der Waals surface area contributed by atoms with E-state index >= 15 is 0 Å². The van der Waals surface area contributed by atoms with Crippen molar-refractivity contribution in [2.24, 2.45) is 5.73 Å². The smallest absolute Gasteiger partial charge is 0.418 e. The molecule has 0 amide bonds. The molecule has 0 saturated heterocycles. The minimum atomic E-state index is -0.490. The number of nitrogens with zero attached hydrogens (tertiary/aromatic N) is 1. The Morgan fingerprint density at radius 2 is 2.25 bits per heavy atom. The van der Waals surface area contributed by atoms with E-state index in [1.54, 1.807) is 24.4 Å². The number of hydrogen-bond acceptors (Lipinski definition) is 3. The Labute approximate surface area is 95.7 Å². The van der Waals surface area contributed by atoms with E-state index < -0.39 is 5.60 Å². The third-order valence-corrected chi connectivity index (χ3v) is 1.80. The lowest BCUT2D eigenvalue weighted by Crippen LogP contribution is -2.27. The van der Waals surface area contributed by atoms with E-state index in [9.17, 15) is 4.79 Å². The summed E-state index contributed by atoms with van der Waals surface area (Å²) in [4.78, 5) is 11.8. The summed E-state index contributed by atoms with van der Waals surface area (Å²) >= 11 is 0. The molecular formula is C12H18N2O2. The van der Waals surface area contributed by atoms with E-state index in [0.717, 1.165) is 5.69 Å². The molecule has 0 spiro atoms. The third kappa shape index (κ3) is 3.55. The second-order valence-electron chi connectivity index (χ2n) is 4.42. The molecule has 4 nitrogen and oxygen atoms in total. The van der Waals surface area contributed by atoms with Crippen molar-refractivity contribution in [3.63, 3.8) is 0 Å². The fraction of sp³-hybridized carbons (Fsp3) is 0.417. The van der Waals surface area contributed by atoms with E-state index in [2.05, 4.69) is 0 Å². The average Bonchev–Trinajstić information content (AvgIpc) is 2.59. The van der Waals surface area contributed by atoms with Gasteiger partial charge in [-0.25, -0.2) is 4.79 Å². The summed E-state index contributed by atoms with van der Waals surface area (Å²) in [6.45, 7) is 5.96. The van der Waals surface area contributed by atoms with Crippen LogP contribution >= 0.6 is 0 Å². The van der Waals surface area contributed by atoms with Crippen LogP contribution in [0.5, 0.6) is 0 Å². The predicted molar refractivity (Wildman–Crippen MR) is 64.2 cm³/mol. The van der Waals surface area contributed by atoms with Gasteiger partial charge in [0.1, 0.15) is 5.60 Å². The Kier molecular flexibility index (Phi) is 3.90. The highest BCUT2D eigenvalue weighted by Crippen LogP contribution is 2.12. The first-order valence-electron chi connectivity index (χ1n) is 5.21. The Morgan fingerprint density at radius 1 is 1.56 bits per heavy atom. The lowest BCUT2D eigenvalue weighted by Gasteiger charge is -2.20. The second-order valence-corrected chi connectivity index (χ2v) is 4.42. The monoisotopic (exact) mass is 222 g/mol. The normalized spacial score (nSPS) is 12.0. The summed E-state index contributed by atoms with van der Waals surface area (Å²) < 4.78 is 6.72. The molecule has 4 heteroatoms. The summed E-state index contributed by atoms with van der Waals surface area (Å²) in [7, 11) is 0. The Hall–Kier alpha value is -1.55. The minimum Gasteiger partial charge on any atom is -0.443 e. The highest BCUT2D eigenvalue weighted by Gasteiger charge is 2.18. The van der Waals surface area contributed by atoms with E-state index in [-0.39, 0.29) is 6.09 Å². The number of carbonyl (C=O) groups excluding carboxylic acids is 1. The van der Waals surface area contributed by atoms with Crippen LogP contribution in [0.4, 0.5) is 4.79 Å². The zero-order chi connectivity index (χ0) is 12.2. The van der Waals surface area contributed by atoms with Crippen molar-refractivity contribution in [2.75, 3.05) is 6.54 Å². The van der Waals surface area contributed by atoms with Gasteiger partial charge in [-0.2, -0.15) is 0 Å². The SMILES string of the molecule is CC(C)(C)OC(=O)n1cccc1C=CCN. The molecule has 0 radical (unpaired) electrons. The van der Waals surface area contributed by atoms with Gasteiger partial charge in [0.2, 0.25) is 0 Å². The van der Waals surface area contributed by atoms with Crippen molar-refractivity contribution in [1.82, 2.24) is 4.57 Å². The van der Waals surface area contributed by atoms with Crippen LogP contribution in [0.25, 0.3) is 6.08 Å². The molecule has 88 valence electrons. The number of nitrogens with two attached hydrogens (primary N) is 1. The maximum atomic E-state index is 11.8. The molecule has 0 aromatic carbocycles. The Balaban J connectivity index is 2.84. The summed E-state index contributed by atoms with van der Waals surface area (Å²) in [5.41, 5.74) is 5.63. The summed E-state index contributed by atoms with van der Waals surface area (Å²) in [5, 5.41) is 0. The average molecular weight is 222 g/mol. The van der Waals surface area contributed by atoms with Gasteiger partial charge in [-0.1, -0.05) is 6.08 Å². The first-order chi connectivity index (χ1) is 7.44. The van der Waals surface area contributed by atoms with Crippen molar-refractivity contribution in [1.29, 1.82) is 0 Å². The molecule has 0 unspecified atom stereocenters. The Bertz CT molecular complexity index is 386. The minimum absolute atomic E-state index is 0.380. The topological polar surface area (TPSA) is 57.2 Å². The van der Waals surface area contributed by atoms with Crippen LogP contribution < -0.4 is 5.73 Å². The number of carbonyl (C=O) groups is 1. The number of hydrogen-bond donors (Lipinski definition) is 1. The first-order valence-corrected chi connectivity index (χ1v) is 5.21. The molecule has 0 aliphatic carbocycles. The van der Waals surface area contributed by atoms with Crippen LogP contribution in [0.3, 0.4) is 0 Å². The predicted octanol–water partition coefficient (Wildman–Crippen LogP) is 2.24. The molecule has 0 aliphatic rings. The van der Waals surface area contributed by atoms with Gasteiger partial charge < -0.3 is 10.5 Å². The molecule has 0 saturated carbocycles. The maximum absolute atomic E-state index is 11.8. The zero-order valence-electron chi connectivity index (χ0n) is 9.93. The van der Waals surface area contributed by atoms with Crippen molar-refractivity contribution >= 4 is 12.2 Å². The largest absolute Gasteiger partial charge is 0.443 e. The number of aromatic nitrogens is 1. The summed E-state index contributed by atoms with van der Waals surface area (Å²) in [6.07, 6.45) is 4.87. The van der Waals surface area contributed by atoms with Crippen molar-refractivity contribution in [3.05, 3.63) is 30.1 Å². The highest BCUT2D eigenvalue weighted by molar-refractivity contribution is 5.74. The zero-order valence-corrected chi connectivity index (χ0v) is 9.93. The highest BCUT2D eigenvalue weighted by atomic mass is 16.6. The molecule has 0 atom stereocenters. The second kappa shape index (κ2) is 4.99. The lowest BCUT2D eigenvalue weighted by atomic mass is 10.2. The van der Waals surface area contributed by atoms with Crippen LogP contribution in [0.1, 0.15) is 26.5 Å². The van der Waals surface area contributed by atoms with Gasteiger partial charge in [0.25, 0.3) is 0 Å². The molecule has 1 rings (SSSR count). The fourth-order valence-electron chi connectivity index (χ4n) is 1.20. The van der Waals surface area contributed by atoms with Crippen molar-refractivity contribution < 1.29 is 9.53 Å².